The van der Waals surface area contributed by atoms with Gasteiger partial charge in [0.25, 0.3) is 5.91 Å². The van der Waals surface area contributed by atoms with E-state index in [1.807, 2.05) is 0 Å². The molecule has 2 N–H and O–H groups in total. The second-order valence-electron chi connectivity index (χ2n) is 8.75. The van der Waals surface area contributed by atoms with Gasteiger partial charge < -0.3 is 19.9 Å². The highest BCUT2D eigenvalue weighted by atomic mass is 32.1. The summed E-state index contributed by atoms with van der Waals surface area (Å²) in [5, 5.41) is 13.8. The minimum atomic E-state index is -1.25. The summed E-state index contributed by atoms with van der Waals surface area (Å²) in [6, 6.07) is 5.86. The summed E-state index contributed by atoms with van der Waals surface area (Å²) in [4.78, 5) is 45.8. The third-order valence-corrected chi connectivity index (χ3v) is 7.10. The van der Waals surface area contributed by atoms with Crippen molar-refractivity contribution < 1.29 is 19.1 Å². The van der Waals surface area contributed by atoms with Gasteiger partial charge in [0.2, 0.25) is 11.3 Å². The van der Waals surface area contributed by atoms with Crippen molar-refractivity contribution in [1.82, 2.24) is 19.8 Å². The fourth-order valence-corrected chi connectivity index (χ4v) is 5.10. The highest BCUT2D eigenvalue weighted by Crippen LogP contribution is 2.35. The third kappa shape index (κ3) is 3.87. The standard InChI is InChI=1S/C24H25FN4O4S/c1-13(2)28-12-24(3,23(33)26-4)29-11-17(19(30)20(31)18(29)22(28)32)21-27-10-16(34-21)9-14-5-7-15(25)8-6-14/h5-8,10-11,13,31H,9,12H2,1-4H3,(H,26,33). The monoisotopic (exact) mass is 484 g/mol. The van der Waals surface area contributed by atoms with Crippen LogP contribution < -0.4 is 10.7 Å². The largest absolute Gasteiger partial charge is 0.503 e. The van der Waals surface area contributed by atoms with Crippen LogP contribution in [0.2, 0.25) is 0 Å². The van der Waals surface area contributed by atoms with Gasteiger partial charge in [0, 0.05) is 36.8 Å². The highest BCUT2D eigenvalue weighted by molar-refractivity contribution is 7.15. The van der Waals surface area contributed by atoms with Crippen molar-refractivity contribution in [1.29, 1.82) is 0 Å². The molecule has 4 rings (SSSR count). The zero-order valence-electron chi connectivity index (χ0n) is 19.3. The number of fused-ring (bicyclic) bond motifs is 1. The first-order valence-electron chi connectivity index (χ1n) is 10.8. The van der Waals surface area contributed by atoms with Gasteiger partial charge in [0.1, 0.15) is 16.4 Å². The Morgan fingerprint density at radius 1 is 1.29 bits per heavy atom. The van der Waals surface area contributed by atoms with Crippen LogP contribution >= 0.6 is 11.3 Å². The number of aromatic nitrogens is 2. The van der Waals surface area contributed by atoms with Gasteiger partial charge in [-0.2, -0.15) is 0 Å². The lowest BCUT2D eigenvalue weighted by molar-refractivity contribution is -0.130. The minimum Gasteiger partial charge on any atom is -0.503 e. The maximum absolute atomic E-state index is 13.2. The topological polar surface area (TPSA) is 105 Å². The summed E-state index contributed by atoms with van der Waals surface area (Å²) in [7, 11) is 1.50. The van der Waals surface area contributed by atoms with Crippen LogP contribution in [-0.2, 0) is 16.8 Å². The smallest absolute Gasteiger partial charge is 0.274 e. The summed E-state index contributed by atoms with van der Waals surface area (Å²) in [5.41, 5.74) is -1.23. The second-order valence-corrected chi connectivity index (χ2v) is 9.87. The maximum Gasteiger partial charge on any atom is 0.274 e. The summed E-state index contributed by atoms with van der Waals surface area (Å²) < 4.78 is 14.6. The number of pyridine rings is 1. The molecule has 1 aliphatic rings. The Bertz CT molecular complexity index is 1330. The van der Waals surface area contributed by atoms with E-state index in [0.717, 1.165) is 10.4 Å². The molecule has 1 atom stereocenters. The zero-order valence-corrected chi connectivity index (χ0v) is 20.1. The molecule has 0 fully saturated rings. The van der Waals surface area contributed by atoms with Gasteiger partial charge in [-0.3, -0.25) is 14.4 Å². The van der Waals surface area contributed by atoms with Gasteiger partial charge in [0.05, 0.1) is 12.1 Å². The zero-order chi connectivity index (χ0) is 24.8. The SMILES string of the molecule is CNC(=O)C1(C)CN(C(C)C)C(=O)c2c(O)c(=O)c(-c3ncc(Cc4ccc(F)cc4)s3)cn21. The molecule has 3 heterocycles. The summed E-state index contributed by atoms with van der Waals surface area (Å²) in [6.07, 6.45) is 3.55. The average Bonchev–Trinajstić information content (AvgIpc) is 3.26. The number of halogens is 1. The van der Waals surface area contributed by atoms with Gasteiger partial charge >= 0.3 is 0 Å². The molecule has 1 aromatic carbocycles. The van der Waals surface area contributed by atoms with E-state index in [-0.39, 0.29) is 35.6 Å². The Kier molecular flexibility index (Phi) is 6.03. The van der Waals surface area contributed by atoms with E-state index in [0.29, 0.717) is 11.4 Å². The van der Waals surface area contributed by atoms with E-state index in [2.05, 4.69) is 10.3 Å². The summed E-state index contributed by atoms with van der Waals surface area (Å²) >= 11 is 1.25. The highest BCUT2D eigenvalue weighted by Gasteiger charge is 2.46. The molecule has 1 aliphatic heterocycles. The lowest BCUT2D eigenvalue weighted by Crippen LogP contribution is -2.60. The number of carbonyl (C=O) groups is 2. The molecule has 10 heteroatoms. The molecule has 0 spiro atoms. The van der Waals surface area contributed by atoms with Crippen molar-refractivity contribution in [3.63, 3.8) is 0 Å². The molecule has 0 radical (unpaired) electrons. The Morgan fingerprint density at radius 3 is 2.59 bits per heavy atom. The maximum atomic E-state index is 13.2. The summed E-state index contributed by atoms with van der Waals surface area (Å²) in [5.74, 6) is -1.92. The van der Waals surface area contributed by atoms with E-state index < -0.39 is 22.6 Å². The van der Waals surface area contributed by atoms with Crippen LogP contribution in [-0.4, -0.2) is 51.0 Å². The van der Waals surface area contributed by atoms with Crippen LogP contribution in [0.5, 0.6) is 5.75 Å². The number of nitrogens with zero attached hydrogens (tertiary/aromatic N) is 3. The number of carbonyl (C=O) groups excluding carboxylic acids is 2. The van der Waals surface area contributed by atoms with E-state index in [1.165, 1.54) is 46.2 Å². The van der Waals surface area contributed by atoms with Gasteiger partial charge in [-0.05, 0) is 38.5 Å². The van der Waals surface area contributed by atoms with Crippen LogP contribution in [0.1, 0.15) is 41.7 Å². The lowest BCUT2D eigenvalue weighted by Gasteiger charge is -2.43. The van der Waals surface area contributed by atoms with Crippen LogP contribution in [0.4, 0.5) is 4.39 Å². The predicted octanol–water partition coefficient (Wildman–Crippen LogP) is 2.73. The number of rotatable bonds is 5. The van der Waals surface area contributed by atoms with Crippen molar-refractivity contribution in [3.8, 4) is 16.3 Å². The molecular weight excluding hydrogens is 459 g/mol. The first-order chi connectivity index (χ1) is 16.1. The van der Waals surface area contributed by atoms with E-state index in [4.69, 9.17) is 0 Å². The summed E-state index contributed by atoms with van der Waals surface area (Å²) in [6.45, 7) is 5.34. The molecule has 1 unspecified atom stereocenters. The van der Waals surface area contributed by atoms with Gasteiger partial charge in [-0.25, -0.2) is 9.37 Å². The van der Waals surface area contributed by atoms with Crippen molar-refractivity contribution in [2.75, 3.05) is 13.6 Å². The second kappa shape index (κ2) is 8.68. The Balaban J connectivity index is 1.82. The van der Waals surface area contributed by atoms with Crippen molar-refractivity contribution in [2.24, 2.45) is 0 Å². The van der Waals surface area contributed by atoms with E-state index in [9.17, 15) is 23.9 Å². The molecule has 3 aromatic rings. The number of aromatic hydroxyl groups is 1. The lowest BCUT2D eigenvalue weighted by atomic mass is 9.93. The molecule has 34 heavy (non-hydrogen) atoms. The predicted molar refractivity (Wildman–Crippen MR) is 127 cm³/mol. The normalized spacial score (nSPS) is 17.7. The molecule has 0 bridgehead atoms. The van der Waals surface area contributed by atoms with Crippen molar-refractivity contribution in [2.45, 2.75) is 38.8 Å². The molecule has 0 aliphatic carbocycles. The first-order valence-corrected chi connectivity index (χ1v) is 11.6. The quantitative estimate of drug-likeness (QED) is 0.580. The van der Waals surface area contributed by atoms with Crippen LogP contribution in [0.3, 0.4) is 0 Å². The Morgan fingerprint density at radius 2 is 1.97 bits per heavy atom. The molecule has 2 amide bonds. The fraction of sp³-hybridized carbons (Fsp3) is 0.333. The number of thiazole rings is 1. The molecule has 0 saturated heterocycles. The van der Waals surface area contributed by atoms with Gasteiger partial charge in [-0.1, -0.05) is 12.1 Å². The number of likely N-dealkylation sites (N-methyl/N-ethyl adjacent to an activating group) is 1. The van der Waals surface area contributed by atoms with Gasteiger partial charge in [-0.15, -0.1) is 11.3 Å². The molecule has 2 aromatic heterocycles. The third-order valence-electron chi connectivity index (χ3n) is 6.07. The first kappa shape index (κ1) is 23.6. The number of hydrogen-bond acceptors (Lipinski definition) is 6. The Hall–Kier alpha value is -3.53. The Labute approximate surface area is 199 Å². The van der Waals surface area contributed by atoms with Crippen molar-refractivity contribution in [3.05, 3.63) is 68.8 Å². The van der Waals surface area contributed by atoms with Crippen LogP contribution in [0.15, 0.2) is 41.5 Å². The van der Waals surface area contributed by atoms with Crippen LogP contribution in [0, 0.1) is 5.82 Å². The number of amides is 2. The number of hydrogen-bond donors (Lipinski definition) is 2. The molecule has 8 nitrogen and oxygen atoms in total. The number of nitrogens with one attached hydrogen (secondary N) is 1. The fourth-order valence-electron chi connectivity index (χ4n) is 4.15. The van der Waals surface area contributed by atoms with E-state index in [1.54, 1.807) is 39.1 Å². The molecule has 0 saturated carbocycles. The van der Waals surface area contributed by atoms with E-state index >= 15 is 0 Å². The molecule has 178 valence electrons. The number of benzene rings is 1. The average molecular weight is 485 g/mol. The van der Waals surface area contributed by atoms with Crippen LogP contribution in [0.25, 0.3) is 10.6 Å². The minimum absolute atomic E-state index is 0.0750. The van der Waals surface area contributed by atoms with Gasteiger partial charge in [0.15, 0.2) is 11.4 Å². The van der Waals surface area contributed by atoms with Crippen molar-refractivity contribution >= 4 is 23.2 Å². The molecular formula is C24H25FN4O4S.